The molecule has 0 aromatic heterocycles. The fraction of sp³-hybridized carbons (Fsp3) is 0.571. The Kier molecular flexibility index (Phi) is 6.95. The molecule has 142 valence electrons. The van der Waals surface area contributed by atoms with E-state index in [1.165, 1.54) is 36.9 Å². The molecule has 5 heteroatoms. The van der Waals surface area contributed by atoms with Crippen molar-refractivity contribution in [3.63, 3.8) is 0 Å². The van der Waals surface area contributed by atoms with Crippen molar-refractivity contribution < 1.29 is 9.53 Å². The number of nitrogens with zero attached hydrogens (tertiary/aromatic N) is 2. The van der Waals surface area contributed by atoms with E-state index in [0.29, 0.717) is 6.54 Å². The van der Waals surface area contributed by atoms with Crippen molar-refractivity contribution in [2.75, 3.05) is 44.8 Å². The van der Waals surface area contributed by atoms with E-state index in [4.69, 9.17) is 4.74 Å². The van der Waals surface area contributed by atoms with Gasteiger partial charge in [0.05, 0.1) is 13.2 Å². The number of benzene rings is 1. The quantitative estimate of drug-likeness (QED) is 0.792. The van der Waals surface area contributed by atoms with Gasteiger partial charge in [-0.1, -0.05) is 23.8 Å². The number of amides is 2. The molecule has 1 fully saturated rings. The van der Waals surface area contributed by atoms with Gasteiger partial charge >= 0.3 is 6.03 Å². The maximum atomic E-state index is 12.3. The minimum atomic E-state index is -0.00124. The summed E-state index contributed by atoms with van der Waals surface area (Å²) in [7, 11) is 1.85. The number of morpholine rings is 1. The van der Waals surface area contributed by atoms with E-state index in [0.717, 1.165) is 44.8 Å². The molecule has 1 saturated heterocycles. The van der Waals surface area contributed by atoms with Crippen LogP contribution in [0.2, 0.25) is 0 Å². The van der Waals surface area contributed by atoms with Crippen LogP contribution in [0.5, 0.6) is 0 Å². The van der Waals surface area contributed by atoms with Crippen LogP contribution in [-0.2, 0) is 11.3 Å². The Morgan fingerprint density at radius 2 is 1.96 bits per heavy atom. The highest BCUT2D eigenvalue weighted by Gasteiger charge is 2.12. The lowest BCUT2D eigenvalue weighted by Crippen LogP contribution is -2.37. The largest absolute Gasteiger partial charge is 0.378 e. The van der Waals surface area contributed by atoms with Gasteiger partial charge in [0, 0.05) is 38.9 Å². The fourth-order valence-corrected chi connectivity index (χ4v) is 3.58. The molecular weight excluding hydrogens is 326 g/mol. The highest BCUT2D eigenvalue weighted by atomic mass is 16.5. The Morgan fingerprint density at radius 1 is 1.19 bits per heavy atom. The molecule has 0 unspecified atom stereocenters. The summed E-state index contributed by atoms with van der Waals surface area (Å²) in [6.45, 7) is 4.82. The summed E-state index contributed by atoms with van der Waals surface area (Å²) >= 11 is 0. The highest BCUT2D eigenvalue weighted by molar-refractivity contribution is 5.73. The Morgan fingerprint density at radius 3 is 2.65 bits per heavy atom. The third kappa shape index (κ3) is 5.49. The van der Waals surface area contributed by atoms with Gasteiger partial charge in [0.1, 0.15) is 0 Å². The first kappa shape index (κ1) is 18.8. The standard InChI is InChI=1S/C21H31N3O2/c1-23(21(25)22-12-11-18-5-3-2-4-6-18)17-19-7-9-20(10-8-19)24-13-15-26-16-14-24/h5,7-10H,2-4,6,11-17H2,1H3,(H,22,25). The molecule has 2 aliphatic rings. The van der Waals surface area contributed by atoms with Gasteiger partial charge in [-0.2, -0.15) is 0 Å². The molecule has 5 nitrogen and oxygen atoms in total. The lowest BCUT2D eigenvalue weighted by molar-refractivity contribution is 0.122. The molecule has 1 aliphatic heterocycles. The van der Waals surface area contributed by atoms with Crippen molar-refractivity contribution in [2.24, 2.45) is 0 Å². The van der Waals surface area contributed by atoms with E-state index in [1.54, 1.807) is 4.90 Å². The topological polar surface area (TPSA) is 44.8 Å². The van der Waals surface area contributed by atoms with Crippen LogP contribution in [0, 0.1) is 0 Å². The van der Waals surface area contributed by atoms with Crippen molar-refractivity contribution >= 4 is 11.7 Å². The second kappa shape index (κ2) is 9.62. The van der Waals surface area contributed by atoms with E-state index >= 15 is 0 Å². The van der Waals surface area contributed by atoms with Gasteiger partial charge in [-0.05, 0) is 49.8 Å². The Balaban J connectivity index is 1.42. The Hall–Kier alpha value is -2.01. The molecule has 1 aromatic rings. The number of anilines is 1. The third-order valence-electron chi connectivity index (χ3n) is 5.19. The molecular formula is C21H31N3O2. The van der Waals surface area contributed by atoms with E-state index in [9.17, 15) is 4.79 Å². The second-order valence-corrected chi connectivity index (χ2v) is 7.21. The van der Waals surface area contributed by atoms with Crippen LogP contribution in [0.1, 0.15) is 37.7 Å². The number of carbonyl (C=O) groups is 1. The summed E-state index contributed by atoms with van der Waals surface area (Å²) in [4.78, 5) is 16.4. The number of carbonyl (C=O) groups excluding carboxylic acids is 1. The second-order valence-electron chi connectivity index (χ2n) is 7.21. The molecule has 1 N–H and O–H groups in total. The molecule has 0 saturated carbocycles. The molecule has 3 rings (SSSR count). The normalized spacial score (nSPS) is 17.6. The van der Waals surface area contributed by atoms with E-state index in [1.807, 2.05) is 7.05 Å². The van der Waals surface area contributed by atoms with Crippen molar-refractivity contribution in [2.45, 2.75) is 38.6 Å². The average molecular weight is 357 g/mol. The number of ether oxygens (including phenoxy) is 1. The summed E-state index contributed by atoms with van der Waals surface area (Å²) in [6, 6.07) is 8.51. The fourth-order valence-electron chi connectivity index (χ4n) is 3.58. The molecule has 0 radical (unpaired) electrons. The zero-order valence-electron chi connectivity index (χ0n) is 15.9. The zero-order valence-corrected chi connectivity index (χ0v) is 15.9. The van der Waals surface area contributed by atoms with Crippen molar-refractivity contribution in [1.29, 1.82) is 0 Å². The Labute approximate surface area is 157 Å². The van der Waals surface area contributed by atoms with Gasteiger partial charge in [-0.25, -0.2) is 4.79 Å². The number of rotatable bonds is 6. The first-order chi connectivity index (χ1) is 12.7. The summed E-state index contributed by atoms with van der Waals surface area (Å²) in [5.74, 6) is 0. The van der Waals surface area contributed by atoms with Gasteiger partial charge in [0.25, 0.3) is 0 Å². The SMILES string of the molecule is CN(Cc1ccc(N2CCOCC2)cc1)C(=O)NCCC1=CCCCC1. The lowest BCUT2D eigenvalue weighted by Gasteiger charge is -2.29. The van der Waals surface area contributed by atoms with E-state index in [2.05, 4.69) is 40.6 Å². The number of allylic oxidation sites excluding steroid dienone is 1. The van der Waals surface area contributed by atoms with E-state index in [-0.39, 0.29) is 6.03 Å². The van der Waals surface area contributed by atoms with Gasteiger partial charge in [0.15, 0.2) is 0 Å². The average Bonchev–Trinajstić information content (AvgIpc) is 2.70. The maximum Gasteiger partial charge on any atom is 0.317 e. The summed E-state index contributed by atoms with van der Waals surface area (Å²) < 4.78 is 5.40. The van der Waals surface area contributed by atoms with Gasteiger partial charge in [0.2, 0.25) is 0 Å². The van der Waals surface area contributed by atoms with Crippen LogP contribution in [-0.4, -0.2) is 50.8 Å². The lowest BCUT2D eigenvalue weighted by atomic mass is 9.97. The molecule has 0 bridgehead atoms. The van der Waals surface area contributed by atoms with Crippen LogP contribution >= 0.6 is 0 Å². The summed E-state index contributed by atoms with van der Waals surface area (Å²) in [5.41, 5.74) is 3.87. The number of hydrogen-bond donors (Lipinski definition) is 1. The highest BCUT2D eigenvalue weighted by Crippen LogP contribution is 2.19. The van der Waals surface area contributed by atoms with Crippen molar-refractivity contribution in [3.05, 3.63) is 41.5 Å². The first-order valence-electron chi connectivity index (χ1n) is 9.81. The molecule has 26 heavy (non-hydrogen) atoms. The molecule has 0 spiro atoms. The van der Waals surface area contributed by atoms with Crippen LogP contribution in [0.4, 0.5) is 10.5 Å². The van der Waals surface area contributed by atoms with Crippen LogP contribution in [0.3, 0.4) is 0 Å². The number of nitrogens with one attached hydrogen (secondary N) is 1. The number of hydrogen-bond acceptors (Lipinski definition) is 3. The smallest absolute Gasteiger partial charge is 0.317 e. The first-order valence-corrected chi connectivity index (χ1v) is 9.81. The van der Waals surface area contributed by atoms with E-state index < -0.39 is 0 Å². The zero-order chi connectivity index (χ0) is 18.2. The Bertz CT molecular complexity index is 606. The number of urea groups is 1. The molecule has 1 aromatic carbocycles. The molecule has 2 amide bonds. The van der Waals surface area contributed by atoms with Gasteiger partial charge in [-0.15, -0.1) is 0 Å². The summed E-state index contributed by atoms with van der Waals surface area (Å²) in [6.07, 6.45) is 8.32. The molecule has 1 heterocycles. The third-order valence-corrected chi connectivity index (χ3v) is 5.19. The van der Waals surface area contributed by atoms with Crippen molar-refractivity contribution in [1.82, 2.24) is 10.2 Å². The predicted molar refractivity (Wildman–Crippen MR) is 106 cm³/mol. The minimum absolute atomic E-state index is 0.00124. The monoisotopic (exact) mass is 357 g/mol. The van der Waals surface area contributed by atoms with Gasteiger partial charge < -0.3 is 19.9 Å². The molecule has 1 aliphatic carbocycles. The van der Waals surface area contributed by atoms with Crippen LogP contribution in [0.25, 0.3) is 0 Å². The summed E-state index contributed by atoms with van der Waals surface area (Å²) in [5, 5.41) is 3.04. The minimum Gasteiger partial charge on any atom is -0.378 e. The predicted octanol–water partition coefficient (Wildman–Crippen LogP) is 3.56. The maximum absolute atomic E-state index is 12.3. The van der Waals surface area contributed by atoms with Crippen LogP contribution in [0.15, 0.2) is 35.9 Å². The van der Waals surface area contributed by atoms with Crippen molar-refractivity contribution in [3.8, 4) is 0 Å². The molecule has 0 atom stereocenters. The van der Waals surface area contributed by atoms with Crippen LogP contribution < -0.4 is 10.2 Å². The van der Waals surface area contributed by atoms with Gasteiger partial charge in [-0.3, -0.25) is 0 Å².